The Bertz CT molecular complexity index is 189. The maximum absolute atomic E-state index is 9.20. The molecular weight excluding hydrogens is 204 g/mol. The van der Waals surface area contributed by atoms with Crippen LogP contribution in [0, 0.1) is 0 Å². The lowest BCUT2D eigenvalue weighted by Gasteiger charge is -2.36. The topological polar surface area (TPSA) is 44.7 Å². The second-order valence-electron chi connectivity index (χ2n) is 5.30. The van der Waals surface area contributed by atoms with Crippen LogP contribution < -0.4 is 5.32 Å². The van der Waals surface area contributed by atoms with E-state index in [2.05, 4.69) is 10.2 Å². The summed E-state index contributed by atoms with van der Waals surface area (Å²) in [5, 5.41) is 12.7. The zero-order valence-corrected chi connectivity index (χ0v) is 10.8. The Kier molecular flexibility index (Phi) is 5.69. The van der Waals surface area contributed by atoms with Crippen molar-refractivity contribution in [2.75, 3.05) is 40.0 Å². The van der Waals surface area contributed by atoms with Crippen molar-refractivity contribution < 1.29 is 9.84 Å². The van der Waals surface area contributed by atoms with Gasteiger partial charge >= 0.3 is 0 Å². The number of likely N-dealkylation sites (tertiary alicyclic amines) is 1. The second-order valence-corrected chi connectivity index (χ2v) is 5.30. The lowest BCUT2D eigenvalue weighted by molar-refractivity contribution is 0.111. The predicted octanol–water partition coefficient (Wildman–Crippen LogP) is 0.458. The Labute approximate surface area is 99.0 Å². The fourth-order valence-corrected chi connectivity index (χ4v) is 2.12. The molecule has 0 amide bonds. The van der Waals surface area contributed by atoms with Gasteiger partial charge in [0.05, 0.1) is 13.2 Å². The zero-order chi connectivity index (χ0) is 12.0. The first kappa shape index (κ1) is 13.9. The first-order chi connectivity index (χ1) is 7.57. The number of nitrogens with one attached hydrogen (secondary N) is 1. The van der Waals surface area contributed by atoms with Crippen LogP contribution in [0.1, 0.15) is 26.7 Å². The summed E-state index contributed by atoms with van der Waals surface area (Å²) in [5.74, 6) is 0. The smallest absolute Gasteiger partial charge is 0.0607 e. The molecule has 0 atom stereocenters. The molecule has 0 bridgehead atoms. The number of hydrogen-bond donors (Lipinski definition) is 2. The molecule has 1 fully saturated rings. The Morgan fingerprint density at radius 3 is 2.50 bits per heavy atom. The number of hydrogen-bond acceptors (Lipinski definition) is 4. The monoisotopic (exact) mass is 230 g/mol. The minimum atomic E-state index is -0.153. The van der Waals surface area contributed by atoms with E-state index in [4.69, 9.17) is 4.74 Å². The van der Waals surface area contributed by atoms with Gasteiger partial charge in [-0.05, 0) is 39.8 Å². The maximum atomic E-state index is 9.20. The van der Waals surface area contributed by atoms with E-state index in [1.54, 1.807) is 7.11 Å². The first-order valence-electron chi connectivity index (χ1n) is 6.17. The van der Waals surface area contributed by atoms with Crippen LogP contribution in [0.4, 0.5) is 0 Å². The van der Waals surface area contributed by atoms with Crippen LogP contribution >= 0.6 is 0 Å². The third kappa shape index (κ3) is 4.78. The molecule has 0 aliphatic carbocycles. The number of aliphatic hydroxyl groups is 1. The summed E-state index contributed by atoms with van der Waals surface area (Å²) in [5.41, 5.74) is -0.153. The van der Waals surface area contributed by atoms with Gasteiger partial charge in [0, 0.05) is 25.2 Å². The Morgan fingerprint density at radius 1 is 1.38 bits per heavy atom. The van der Waals surface area contributed by atoms with Crippen molar-refractivity contribution in [3.63, 3.8) is 0 Å². The molecule has 1 rings (SSSR count). The van der Waals surface area contributed by atoms with E-state index >= 15 is 0 Å². The van der Waals surface area contributed by atoms with Crippen molar-refractivity contribution in [3.8, 4) is 0 Å². The van der Waals surface area contributed by atoms with Crippen LogP contribution in [0.15, 0.2) is 0 Å². The Hall–Kier alpha value is -0.160. The van der Waals surface area contributed by atoms with Gasteiger partial charge in [-0.3, -0.25) is 0 Å². The van der Waals surface area contributed by atoms with Crippen molar-refractivity contribution in [2.45, 2.75) is 38.3 Å². The molecule has 16 heavy (non-hydrogen) atoms. The number of aliphatic hydroxyl groups excluding tert-OH is 1. The molecule has 1 aliphatic rings. The number of methoxy groups -OCH3 is 1. The average Bonchev–Trinajstić information content (AvgIpc) is 2.28. The molecule has 0 saturated carbocycles. The summed E-state index contributed by atoms with van der Waals surface area (Å²) in [7, 11) is 1.75. The summed E-state index contributed by atoms with van der Waals surface area (Å²) in [6.45, 7) is 8.39. The molecule has 1 heterocycles. The highest BCUT2D eigenvalue weighted by Crippen LogP contribution is 2.13. The summed E-state index contributed by atoms with van der Waals surface area (Å²) in [6, 6.07) is 0.543. The van der Waals surface area contributed by atoms with Gasteiger partial charge in [0.1, 0.15) is 0 Å². The van der Waals surface area contributed by atoms with Gasteiger partial charge in [0.15, 0.2) is 0 Å². The van der Waals surface area contributed by atoms with Gasteiger partial charge < -0.3 is 20.1 Å². The standard InChI is InChI=1S/C12H26N2O2/c1-12(2,10-15)13-11-4-6-14(7-5-11)8-9-16-3/h11,13,15H,4-10H2,1-3H3. The molecule has 0 aromatic rings. The fraction of sp³-hybridized carbons (Fsp3) is 1.00. The largest absolute Gasteiger partial charge is 0.394 e. The van der Waals surface area contributed by atoms with Crippen molar-refractivity contribution in [1.82, 2.24) is 10.2 Å². The summed E-state index contributed by atoms with van der Waals surface area (Å²) >= 11 is 0. The van der Waals surface area contributed by atoms with Crippen LogP contribution in [0.25, 0.3) is 0 Å². The van der Waals surface area contributed by atoms with Gasteiger partial charge in [0.2, 0.25) is 0 Å². The molecule has 2 N–H and O–H groups in total. The van der Waals surface area contributed by atoms with Crippen LogP contribution in [-0.2, 0) is 4.74 Å². The number of piperidine rings is 1. The van der Waals surface area contributed by atoms with E-state index in [-0.39, 0.29) is 12.1 Å². The molecule has 0 aromatic heterocycles. The lowest BCUT2D eigenvalue weighted by atomic mass is 9.99. The van der Waals surface area contributed by atoms with Crippen molar-refractivity contribution in [1.29, 1.82) is 0 Å². The minimum absolute atomic E-state index is 0.153. The van der Waals surface area contributed by atoms with Crippen molar-refractivity contribution >= 4 is 0 Å². The predicted molar refractivity (Wildman–Crippen MR) is 65.6 cm³/mol. The number of rotatable bonds is 6. The molecule has 96 valence electrons. The van der Waals surface area contributed by atoms with Crippen LogP contribution in [-0.4, -0.2) is 61.5 Å². The normalized spacial score (nSPS) is 20.2. The van der Waals surface area contributed by atoms with E-state index in [0.717, 1.165) is 39.1 Å². The molecule has 4 heteroatoms. The van der Waals surface area contributed by atoms with Crippen LogP contribution in [0.2, 0.25) is 0 Å². The van der Waals surface area contributed by atoms with E-state index in [1.165, 1.54) is 0 Å². The van der Waals surface area contributed by atoms with E-state index in [0.29, 0.717) is 6.04 Å². The van der Waals surface area contributed by atoms with Crippen LogP contribution in [0.5, 0.6) is 0 Å². The van der Waals surface area contributed by atoms with Crippen LogP contribution in [0.3, 0.4) is 0 Å². The van der Waals surface area contributed by atoms with Gasteiger partial charge in [0.25, 0.3) is 0 Å². The maximum Gasteiger partial charge on any atom is 0.0607 e. The molecule has 1 aliphatic heterocycles. The highest BCUT2D eigenvalue weighted by Gasteiger charge is 2.24. The van der Waals surface area contributed by atoms with Gasteiger partial charge in [-0.2, -0.15) is 0 Å². The molecule has 4 nitrogen and oxygen atoms in total. The highest BCUT2D eigenvalue weighted by atomic mass is 16.5. The zero-order valence-electron chi connectivity index (χ0n) is 10.8. The van der Waals surface area contributed by atoms with Gasteiger partial charge in [-0.1, -0.05) is 0 Å². The third-order valence-corrected chi connectivity index (χ3v) is 3.19. The van der Waals surface area contributed by atoms with E-state index < -0.39 is 0 Å². The SMILES string of the molecule is COCCN1CCC(NC(C)(C)CO)CC1. The molecule has 0 radical (unpaired) electrons. The van der Waals surface area contributed by atoms with E-state index in [1.807, 2.05) is 13.8 Å². The quantitative estimate of drug-likeness (QED) is 0.696. The fourth-order valence-electron chi connectivity index (χ4n) is 2.12. The molecule has 0 spiro atoms. The molecule has 0 aromatic carbocycles. The third-order valence-electron chi connectivity index (χ3n) is 3.19. The molecule has 1 saturated heterocycles. The average molecular weight is 230 g/mol. The summed E-state index contributed by atoms with van der Waals surface area (Å²) in [4.78, 5) is 2.44. The molecule has 0 unspecified atom stereocenters. The lowest BCUT2D eigenvalue weighted by Crippen LogP contribution is -2.52. The number of ether oxygens (including phenoxy) is 1. The van der Waals surface area contributed by atoms with Gasteiger partial charge in [-0.25, -0.2) is 0 Å². The Morgan fingerprint density at radius 2 is 2.00 bits per heavy atom. The Balaban J connectivity index is 2.21. The van der Waals surface area contributed by atoms with E-state index in [9.17, 15) is 5.11 Å². The second kappa shape index (κ2) is 6.55. The minimum Gasteiger partial charge on any atom is -0.394 e. The number of nitrogens with zero attached hydrogens (tertiary/aromatic N) is 1. The van der Waals surface area contributed by atoms with Crippen molar-refractivity contribution in [3.05, 3.63) is 0 Å². The summed E-state index contributed by atoms with van der Waals surface area (Å²) in [6.07, 6.45) is 2.32. The molecular formula is C12H26N2O2. The van der Waals surface area contributed by atoms with Crippen molar-refractivity contribution in [2.24, 2.45) is 0 Å². The summed E-state index contributed by atoms with van der Waals surface area (Å²) < 4.78 is 5.08. The first-order valence-corrected chi connectivity index (χ1v) is 6.17. The highest BCUT2D eigenvalue weighted by molar-refractivity contribution is 4.85. The van der Waals surface area contributed by atoms with Gasteiger partial charge in [-0.15, -0.1) is 0 Å².